The van der Waals surface area contributed by atoms with E-state index in [2.05, 4.69) is 23.2 Å². The number of H-pyrrole nitrogens is 1. The molecule has 0 spiro atoms. The number of carbonyl (C=O) groups excluding carboxylic acids is 1. The maximum Gasteiger partial charge on any atom is 0.210 e. The molecule has 26 heavy (non-hydrogen) atoms. The maximum atomic E-state index is 11.7. The van der Waals surface area contributed by atoms with Crippen LogP contribution in [-0.4, -0.2) is 37.1 Å². The number of benzene rings is 2. The Labute approximate surface area is 152 Å². The lowest BCUT2D eigenvalue weighted by Crippen LogP contribution is -2.35. The van der Waals surface area contributed by atoms with E-state index >= 15 is 0 Å². The van der Waals surface area contributed by atoms with Gasteiger partial charge in [-0.2, -0.15) is 0 Å². The van der Waals surface area contributed by atoms with Gasteiger partial charge in [-0.3, -0.25) is 4.79 Å². The molecule has 0 saturated carbocycles. The molecule has 1 atom stereocenters. The van der Waals surface area contributed by atoms with Crippen LogP contribution in [0.15, 0.2) is 42.5 Å². The number of amides is 1. The summed E-state index contributed by atoms with van der Waals surface area (Å²) in [6, 6.07) is 14.4. The summed E-state index contributed by atoms with van der Waals surface area (Å²) in [6.07, 6.45) is 2.50. The summed E-state index contributed by atoms with van der Waals surface area (Å²) in [5, 5.41) is 1.18. The fraction of sp³-hybridized carbons (Fsp3) is 0.286. The molecule has 4 rings (SSSR count). The molecule has 1 aromatic heterocycles. The molecule has 1 N–H and O–H groups in total. The minimum Gasteiger partial charge on any atom is -0.493 e. The number of hydrogen-bond donors (Lipinski definition) is 1. The zero-order chi connectivity index (χ0) is 18.1. The first-order valence-corrected chi connectivity index (χ1v) is 8.76. The molecule has 1 aliphatic rings. The summed E-state index contributed by atoms with van der Waals surface area (Å²) < 4.78 is 10.9. The Kier molecular flexibility index (Phi) is 4.29. The van der Waals surface area contributed by atoms with Gasteiger partial charge in [0.1, 0.15) is 0 Å². The lowest BCUT2D eigenvalue weighted by molar-refractivity contribution is -0.120. The zero-order valence-corrected chi connectivity index (χ0v) is 15.0. The van der Waals surface area contributed by atoms with Crippen molar-refractivity contribution in [3.8, 4) is 11.5 Å². The number of fused-ring (bicyclic) bond motifs is 2. The predicted molar refractivity (Wildman–Crippen MR) is 101 cm³/mol. The number of hydrogen-bond acceptors (Lipinski definition) is 3. The van der Waals surface area contributed by atoms with Gasteiger partial charge in [0, 0.05) is 24.2 Å². The predicted octanol–water partition coefficient (Wildman–Crippen LogP) is 3.48. The Bertz CT molecular complexity index is 915. The highest BCUT2D eigenvalue weighted by Crippen LogP contribution is 2.39. The second-order valence-electron chi connectivity index (χ2n) is 6.60. The molecule has 1 amide bonds. The molecule has 2 heterocycles. The van der Waals surface area contributed by atoms with Crippen LogP contribution in [0.25, 0.3) is 10.9 Å². The summed E-state index contributed by atoms with van der Waals surface area (Å²) in [6.45, 7) is 0.705. The topological polar surface area (TPSA) is 54.6 Å². The van der Waals surface area contributed by atoms with Crippen molar-refractivity contribution < 1.29 is 14.3 Å². The van der Waals surface area contributed by atoms with Crippen LogP contribution in [0.2, 0.25) is 0 Å². The van der Waals surface area contributed by atoms with E-state index in [1.54, 1.807) is 14.2 Å². The third-order valence-electron chi connectivity index (χ3n) is 5.18. The Hall–Kier alpha value is -2.95. The third-order valence-corrected chi connectivity index (χ3v) is 5.18. The Morgan fingerprint density at radius 1 is 1.15 bits per heavy atom. The van der Waals surface area contributed by atoms with Gasteiger partial charge in [-0.1, -0.05) is 18.2 Å². The van der Waals surface area contributed by atoms with E-state index in [1.165, 1.54) is 10.9 Å². The molecule has 1 aliphatic heterocycles. The minimum atomic E-state index is -0.0240. The highest BCUT2D eigenvalue weighted by Gasteiger charge is 2.29. The van der Waals surface area contributed by atoms with Crippen molar-refractivity contribution in [3.05, 3.63) is 59.3 Å². The van der Waals surface area contributed by atoms with Crippen molar-refractivity contribution in [1.29, 1.82) is 0 Å². The highest BCUT2D eigenvalue weighted by molar-refractivity contribution is 5.80. The van der Waals surface area contributed by atoms with Gasteiger partial charge < -0.3 is 19.4 Å². The minimum absolute atomic E-state index is 0.0240. The molecule has 0 radical (unpaired) electrons. The van der Waals surface area contributed by atoms with Gasteiger partial charge in [0.25, 0.3) is 0 Å². The number of para-hydroxylation sites is 1. The van der Waals surface area contributed by atoms with Crippen molar-refractivity contribution in [2.75, 3.05) is 20.8 Å². The van der Waals surface area contributed by atoms with Crippen molar-refractivity contribution >= 4 is 17.3 Å². The van der Waals surface area contributed by atoms with E-state index in [9.17, 15) is 4.79 Å². The summed E-state index contributed by atoms with van der Waals surface area (Å²) in [5.74, 6) is 1.43. The first-order chi connectivity index (χ1) is 12.7. The van der Waals surface area contributed by atoms with Crippen molar-refractivity contribution in [3.63, 3.8) is 0 Å². The van der Waals surface area contributed by atoms with Crippen LogP contribution in [0.3, 0.4) is 0 Å². The lowest BCUT2D eigenvalue weighted by atomic mass is 9.89. The summed E-state index contributed by atoms with van der Waals surface area (Å²) in [4.78, 5) is 17.0. The van der Waals surface area contributed by atoms with Gasteiger partial charge in [-0.25, -0.2) is 0 Å². The largest absolute Gasteiger partial charge is 0.493 e. The van der Waals surface area contributed by atoms with Gasteiger partial charge in [-0.05, 0) is 47.2 Å². The number of carbonyl (C=O) groups is 1. The fourth-order valence-electron chi connectivity index (χ4n) is 3.85. The van der Waals surface area contributed by atoms with Gasteiger partial charge in [0.15, 0.2) is 11.5 Å². The SMILES string of the molecule is COc1cc2c(cc1OC)C(Cc1cc3ccccc3[nH]1)N(C=O)CC2. The molecular weight excluding hydrogens is 328 g/mol. The maximum absolute atomic E-state index is 11.7. The van der Waals surface area contributed by atoms with Crippen molar-refractivity contribution in [1.82, 2.24) is 9.88 Å². The average Bonchev–Trinajstić information content (AvgIpc) is 3.09. The number of nitrogens with zero attached hydrogens (tertiary/aromatic N) is 1. The van der Waals surface area contributed by atoms with E-state index in [0.29, 0.717) is 12.3 Å². The average molecular weight is 350 g/mol. The molecule has 0 aliphatic carbocycles. The molecule has 3 aromatic rings. The number of aromatic nitrogens is 1. The number of ether oxygens (including phenoxy) is 2. The molecular formula is C21H22N2O3. The number of methoxy groups -OCH3 is 2. The van der Waals surface area contributed by atoms with Crippen LogP contribution in [0.4, 0.5) is 0 Å². The fourth-order valence-corrected chi connectivity index (χ4v) is 3.85. The Morgan fingerprint density at radius 2 is 1.92 bits per heavy atom. The van der Waals surface area contributed by atoms with Crippen molar-refractivity contribution in [2.45, 2.75) is 18.9 Å². The van der Waals surface area contributed by atoms with E-state index in [1.807, 2.05) is 29.2 Å². The molecule has 1 unspecified atom stereocenters. The smallest absolute Gasteiger partial charge is 0.210 e. The molecule has 0 bridgehead atoms. The van der Waals surface area contributed by atoms with Gasteiger partial charge >= 0.3 is 0 Å². The summed E-state index contributed by atoms with van der Waals surface area (Å²) >= 11 is 0. The lowest BCUT2D eigenvalue weighted by Gasteiger charge is -2.35. The summed E-state index contributed by atoms with van der Waals surface area (Å²) in [7, 11) is 3.28. The van der Waals surface area contributed by atoms with Crippen LogP contribution in [-0.2, 0) is 17.6 Å². The standard InChI is InChI=1S/C21H22N2O3/c1-25-20-10-14-7-8-23(13-24)19(17(14)12-21(20)26-2)11-16-9-15-5-3-4-6-18(15)22-16/h3-6,9-10,12-13,19,22H,7-8,11H2,1-2H3. The second kappa shape index (κ2) is 6.75. The Morgan fingerprint density at radius 3 is 2.65 bits per heavy atom. The van der Waals surface area contributed by atoms with Gasteiger partial charge in [0.05, 0.1) is 20.3 Å². The van der Waals surface area contributed by atoms with Crippen LogP contribution >= 0.6 is 0 Å². The van der Waals surface area contributed by atoms with E-state index in [4.69, 9.17) is 9.47 Å². The van der Waals surface area contributed by atoms with Crippen LogP contribution in [0.5, 0.6) is 11.5 Å². The highest BCUT2D eigenvalue weighted by atomic mass is 16.5. The number of nitrogens with one attached hydrogen (secondary N) is 1. The first-order valence-electron chi connectivity index (χ1n) is 8.76. The van der Waals surface area contributed by atoms with E-state index in [-0.39, 0.29) is 6.04 Å². The Balaban J connectivity index is 1.75. The molecule has 5 heteroatoms. The molecule has 0 saturated heterocycles. The monoisotopic (exact) mass is 350 g/mol. The number of aromatic amines is 1. The van der Waals surface area contributed by atoms with Crippen LogP contribution in [0, 0.1) is 0 Å². The summed E-state index contributed by atoms with van der Waals surface area (Å²) in [5.41, 5.74) is 4.57. The van der Waals surface area contributed by atoms with Crippen LogP contribution < -0.4 is 9.47 Å². The van der Waals surface area contributed by atoms with Gasteiger partial charge in [0.2, 0.25) is 6.41 Å². The first kappa shape index (κ1) is 16.5. The molecule has 5 nitrogen and oxygen atoms in total. The van der Waals surface area contributed by atoms with E-state index < -0.39 is 0 Å². The third kappa shape index (κ3) is 2.79. The zero-order valence-electron chi connectivity index (χ0n) is 15.0. The van der Waals surface area contributed by atoms with Crippen LogP contribution in [0.1, 0.15) is 22.9 Å². The second-order valence-corrected chi connectivity index (χ2v) is 6.60. The molecule has 0 fully saturated rings. The van der Waals surface area contributed by atoms with Crippen molar-refractivity contribution in [2.24, 2.45) is 0 Å². The normalized spacial score (nSPS) is 16.4. The van der Waals surface area contributed by atoms with E-state index in [0.717, 1.165) is 41.8 Å². The quantitative estimate of drug-likeness (QED) is 0.717. The molecule has 2 aromatic carbocycles. The molecule has 134 valence electrons. The van der Waals surface area contributed by atoms with Gasteiger partial charge in [-0.15, -0.1) is 0 Å². The number of rotatable bonds is 5.